The van der Waals surface area contributed by atoms with Gasteiger partial charge in [0.05, 0.1) is 18.5 Å². The highest BCUT2D eigenvalue weighted by Crippen LogP contribution is 2.30. The number of nitrogens with zero attached hydrogens (tertiary/aromatic N) is 6. The third kappa shape index (κ3) is 4.22. The molecule has 1 amide bonds. The van der Waals surface area contributed by atoms with Gasteiger partial charge >= 0.3 is 0 Å². The standard InChI is InChI=1S/C30H30N6O2/c1-3-24(21-9-5-4-6-10-21)29(37)34-17-19-35(20-18-34)30-31-26-12-8-7-11-25(26)28-33-32-27(36(28)30)22-13-15-23(38-2)16-14-22/h4-16,24H,3,17-20H2,1-2H3/t24-/m0/s1. The lowest BCUT2D eigenvalue weighted by Gasteiger charge is -2.37. The van der Waals surface area contributed by atoms with Crippen LogP contribution < -0.4 is 9.64 Å². The van der Waals surface area contributed by atoms with Crippen LogP contribution in [0, 0.1) is 0 Å². The van der Waals surface area contributed by atoms with Gasteiger partial charge in [-0.3, -0.25) is 4.79 Å². The van der Waals surface area contributed by atoms with Gasteiger partial charge in [0.2, 0.25) is 11.9 Å². The van der Waals surface area contributed by atoms with Gasteiger partial charge in [0, 0.05) is 37.1 Å². The first-order chi connectivity index (χ1) is 18.7. The summed E-state index contributed by atoms with van der Waals surface area (Å²) in [5, 5.41) is 10.1. The molecule has 3 aromatic carbocycles. The smallest absolute Gasteiger partial charge is 0.230 e. The Kier molecular flexibility index (Phi) is 6.37. The third-order valence-electron chi connectivity index (χ3n) is 7.36. The number of benzene rings is 3. The van der Waals surface area contributed by atoms with E-state index in [1.807, 2.05) is 88.2 Å². The van der Waals surface area contributed by atoms with Gasteiger partial charge in [0.1, 0.15) is 5.75 Å². The molecule has 1 aliphatic rings. The normalized spacial score (nSPS) is 14.7. The van der Waals surface area contributed by atoms with Crippen molar-refractivity contribution in [1.29, 1.82) is 0 Å². The number of aromatic nitrogens is 4. The first-order valence-electron chi connectivity index (χ1n) is 13.0. The number of ether oxygens (including phenoxy) is 1. The molecule has 1 fully saturated rings. The molecular weight excluding hydrogens is 476 g/mol. The van der Waals surface area contributed by atoms with E-state index in [0.717, 1.165) is 51.6 Å². The number of carbonyl (C=O) groups is 1. The Balaban J connectivity index is 1.33. The number of piperazine rings is 1. The minimum absolute atomic E-state index is 0.118. The highest BCUT2D eigenvalue weighted by molar-refractivity contribution is 5.93. The number of para-hydroxylation sites is 1. The first-order valence-corrected chi connectivity index (χ1v) is 13.0. The number of rotatable bonds is 6. The van der Waals surface area contributed by atoms with Crippen LogP contribution in [0.4, 0.5) is 5.95 Å². The highest BCUT2D eigenvalue weighted by Gasteiger charge is 2.29. The summed E-state index contributed by atoms with van der Waals surface area (Å²) < 4.78 is 7.38. The van der Waals surface area contributed by atoms with E-state index in [1.54, 1.807) is 7.11 Å². The highest BCUT2D eigenvalue weighted by atomic mass is 16.5. The molecule has 0 radical (unpaired) electrons. The number of anilines is 1. The lowest BCUT2D eigenvalue weighted by molar-refractivity contribution is -0.133. The van der Waals surface area contributed by atoms with Crippen LogP contribution in [0.25, 0.3) is 27.9 Å². The Bertz CT molecular complexity index is 1570. The van der Waals surface area contributed by atoms with E-state index >= 15 is 0 Å². The molecule has 1 atom stereocenters. The number of fused-ring (bicyclic) bond motifs is 3. The summed E-state index contributed by atoms with van der Waals surface area (Å²) in [5.41, 5.74) is 3.65. The van der Waals surface area contributed by atoms with Gasteiger partial charge in [-0.05, 0) is 48.4 Å². The molecule has 0 unspecified atom stereocenters. The molecule has 0 N–H and O–H groups in total. The van der Waals surface area contributed by atoms with Gasteiger partial charge in [0.25, 0.3) is 0 Å². The molecule has 5 aromatic rings. The largest absolute Gasteiger partial charge is 0.497 e. The van der Waals surface area contributed by atoms with E-state index in [0.29, 0.717) is 26.2 Å². The second kappa shape index (κ2) is 10.1. The van der Waals surface area contributed by atoms with E-state index in [-0.39, 0.29) is 11.8 Å². The van der Waals surface area contributed by atoms with Gasteiger partial charge in [-0.1, -0.05) is 49.4 Å². The number of methoxy groups -OCH3 is 1. The van der Waals surface area contributed by atoms with Gasteiger partial charge in [0.15, 0.2) is 11.5 Å². The van der Waals surface area contributed by atoms with Crippen LogP contribution in [-0.2, 0) is 4.79 Å². The maximum absolute atomic E-state index is 13.5. The van der Waals surface area contributed by atoms with Crippen molar-refractivity contribution in [2.75, 3.05) is 38.2 Å². The zero-order valence-electron chi connectivity index (χ0n) is 21.6. The van der Waals surface area contributed by atoms with Crippen LogP contribution in [0.15, 0.2) is 78.9 Å². The second-order valence-electron chi connectivity index (χ2n) is 9.52. The summed E-state index contributed by atoms with van der Waals surface area (Å²) in [4.78, 5) is 22.8. The van der Waals surface area contributed by atoms with Crippen molar-refractivity contribution in [2.24, 2.45) is 0 Å². The summed E-state index contributed by atoms with van der Waals surface area (Å²) in [6.45, 7) is 4.71. The summed E-state index contributed by atoms with van der Waals surface area (Å²) in [6.07, 6.45) is 0.780. The zero-order valence-corrected chi connectivity index (χ0v) is 21.6. The van der Waals surface area contributed by atoms with Crippen molar-refractivity contribution < 1.29 is 9.53 Å². The van der Waals surface area contributed by atoms with E-state index < -0.39 is 0 Å². The molecule has 2 aromatic heterocycles. The molecular formula is C30H30N6O2. The average molecular weight is 507 g/mol. The molecule has 38 heavy (non-hydrogen) atoms. The van der Waals surface area contributed by atoms with E-state index in [4.69, 9.17) is 9.72 Å². The van der Waals surface area contributed by atoms with Gasteiger partial charge in [-0.2, -0.15) is 0 Å². The van der Waals surface area contributed by atoms with Crippen molar-refractivity contribution >= 4 is 28.4 Å². The van der Waals surface area contributed by atoms with Crippen LogP contribution in [0.1, 0.15) is 24.8 Å². The Morgan fingerprint density at radius 3 is 2.32 bits per heavy atom. The Hall–Kier alpha value is -4.46. The topological polar surface area (TPSA) is 75.9 Å². The van der Waals surface area contributed by atoms with Crippen molar-refractivity contribution in [3.8, 4) is 17.1 Å². The minimum atomic E-state index is -0.118. The van der Waals surface area contributed by atoms with Crippen LogP contribution in [0.5, 0.6) is 5.75 Å². The van der Waals surface area contributed by atoms with Crippen molar-refractivity contribution in [3.05, 3.63) is 84.4 Å². The first kappa shape index (κ1) is 23.9. The summed E-state index contributed by atoms with van der Waals surface area (Å²) in [7, 11) is 1.66. The SMILES string of the molecule is CC[C@H](C(=O)N1CCN(c2nc3ccccc3c3nnc(-c4ccc(OC)cc4)n23)CC1)c1ccccc1. The van der Waals surface area contributed by atoms with Crippen LogP contribution in [0.3, 0.4) is 0 Å². The van der Waals surface area contributed by atoms with Gasteiger partial charge in [-0.15, -0.1) is 10.2 Å². The number of carbonyl (C=O) groups excluding carboxylic acids is 1. The molecule has 0 spiro atoms. The molecule has 0 bridgehead atoms. The fourth-order valence-corrected chi connectivity index (χ4v) is 5.29. The quantitative estimate of drug-likeness (QED) is 0.330. The summed E-state index contributed by atoms with van der Waals surface area (Å²) in [6, 6.07) is 25.9. The predicted octanol–water partition coefficient (Wildman–Crippen LogP) is 4.80. The van der Waals surface area contributed by atoms with Crippen molar-refractivity contribution in [1.82, 2.24) is 24.5 Å². The van der Waals surface area contributed by atoms with E-state index in [1.165, 1.54) is 0 Å². The molecule has 8 heteroatoms. The van der Waals surface area contributed by atoms with E-state index in [9.17, 15) is 4.79 Å². The molecule has 0 saturated carbocycles. The fourth-order valence-electron chi connectivity index (χ4n) is 5.29. The molecule has 1 aliphatic heterocycles. The Morgan fingerprint density at radius 1 is 0.895 bits per heavy atom. The second-order valence-corrected chi connectivity index (χ2v) is 9.52. The molecule has 8 nitrogen and oxygen atoms in total. The summed E-state index contributed by atoms with van der Waals surface area (Å²) >= 11 is 0. The predicted molar refractivity (Wildman–Crippen MR) is 149 cm³/mol. The van der Waals surface area contributed by atoms with Crippen LogP contribution in [-0.4, -0.2) is 63.7 Å². The van der Waals surface area contributed by atoms with Crippen LogP contribution >= 0.6 is 0 Å². The molecule has 192 valence electrons. The number of amides is 1. The lowest BCUT2D eigenvalue weighted by Crippen LogP contribution is -2.50. The van der Waals surface area contributed by atoms with Crippen molar-refractivity contribution in [2.45, 2.75) is 19.3 Å². The molecule has 1 saturated heterocycles. The third-order valence-corrected chi connectivity index (χ3v) is 7.36. The number of hydrogen-bond acceptors (Lipinski definition) is 6. The van der Waals surface area contributed by atoms with Gasteiger partial charge in [-0.25, -0.2) is 9.38 Å². The maximum Gasteiger partial charge on any atom is 0.230 e. The maximum atomic E-state index is 13.5. The van der Waals surface area contributed by atoms with E-state index in [2.05, 4.69) is 22.0 Å². The average Bonchev–Trinajstić information content (AvgIpc) is 3.43. The van der Waals surface area contributed by atoms with Crippen molar-refractivity contribution in [3.63, 3.8) is 0 Å². The zero-order chi connectivity index (χ0) is 26.1. The molecule has 3 heterocycles. The Labute approximate surface area is 221 Å². The van der Waals surface area contributed by atoms with Gasteiger partial charge < -0.3 is 14.5 Å². The Morgan fingerprint density at radius 2 is 1.61 bits per heavy atom. The lowest BCUT2D eigenvalue weighted by atomic mass is 9.95. The monoisotopic (exact) mass is 506 g/mol. The molecule has 6 rings (SSSR count). The molecule has 0 aliphatic carbocycles. The minimum Gasteiger partial charge on any atom is -0.497 e. The van der Waals surface area contributed by atoms with Crippen LogP contribution in [0.2, 0.25) is 0 Å². The fraction of sp³-hybridized carbons (Fsp3) is 0.267. The summed E-state index contributed by atoms with van der Waals surface area (Å²) in [5.74, 6) is 2.38. The number of hydrogen-bond donors (Lipinski definition) is 0.